The molecule has 0 aliphatic carbocycles. The summed E-state index contributed by atoms with van der Waals surface area (Å²) in [4.78, 5) is 20.8. The van der Waals surface area contributed by atoms with Crippen molar-refractivity contribution in [1.82, 2.24) is 15.3 Å². The Balaban J connectivity index is 1.83. The topological polar surface area (TPSA) is 92.9 Å². The number of nitrogens with one attached hydrogen (secondary N) is 2. The maximum absolute atomic E-state index is 11.7. The maximum Gasteiger partial charge on any atom is 0.271 e. The molecule has 0 unspecified atom stereocenters. The zero-order chi connectivity index (χ0) is 12.8. The van der Waals surface area contributed by atoms with E-state index in [1.165, 1.54) is 17.3 Å². The van der Waals surface area contributed by atoms with Crippen LogP contribution in [0.1, 0.15) is 15.4 Å². The van der Waals surface area contributed by atoms with Crippen LogP contribution in [0.3, 0.4) is 0 Å². The number of carbonyl (C=O) groups is 1. The quantitative estimate of drug-likeness (QED) is 0.548. The first-order valence-corrected chi connectivity index (χ1v) is 6.27. The Bertz CT molecular complexity index is 497. The molecule has 0 spiro atoms. The average molecular weight is 263 g/mol. The van der Waals surface area contributed by atoms with Crippen LogP contribution in [0.15, 0.2) is 29.9 Å². The fourth-order valence-corrected chi connectivity index (χ4v) is 2.07. The van der Waals surface area contributed by atoms with Gasteiger partial charge in [0.15, 0.2) is 5.82 Å². The lowest BCUT2D eigenvalue weighted by atomic mass is 10.3. The van der Waals surface area contributed by atoms with Crippen LogP contribution in [0.25, 0.3) is 0 Å². The van der Waals surface area contributed by atoms with E-state index in [4.69, 9.17) is 5.84 Å². The van der Waals surface area contributed by atoms with Gasteiger partial charge in [-0.05, 0) is 17.9 Å². The number of nitrogens with two attached hydrogens (primary N) is 1. The van der Waals surface area contributed by atoms with Crippen molar-refractivity contribution in [1.29, 1.82) is 0 Å². The molecule has 0 saturated heterocycles. The highest BCUT2D eigenvalue weighted by Crippen LogP contribution is 2.08. The fourth-order valence-electron chi connectivity index (χ4n) is 1.36. The Kier molecular flexibility index (Phi) is 4.21. The summed E-state index contributed by atoms with van der Waals surface area (Å²) in [6.45, 7) is 0.581. The molecule has 7 heteroatoms. The highest BCUT2D eigenvalue weighted by Gasteiger charge is 2.07. The van der Waals surface area contributed by atoms with Crippen LogP contribution in [0, 0.1) is 0 Å². The largest absolute Gasteiger partial charge is 0.350 e. The molecule has 94 valence electrons. The van der Waals surface area contributed by atoms with Crippen LogP contribution < -0.4 is 16.6 Å². The average Bonchev–Trinajstić information content (AvgIpc) is 2.92. The summed E-state index contributed by atoms with van der Waals surface area (Å²) < 4.78 is 0. The minimum absolute atomic E-state index is 0.234. The highest BCUT2D eigenvalue weighted by molar-refractivity contribution is 7.09. The van der Waals surface area contributed by atoms with Crippen molar-refractivity contribution in [3.63, 3.8) is 0 Å². The van der Waals surface area contributed by atoms with E-state index in [0.717, 1.165) is 6.42 Å². The van der Waals surface area contributed by atoms with Gasteiger partial charge in [0.2, 0.25) is 0 Å². The number of anilines is 1. The van der Waals surface area contributed by atoms with Crippen molar-refractivity contribution >= 4 is 23.1 Å². The van der Waals surface area contributed by atoms with Crippen molar-refractivity contribution in [2.75, 3.05) is 12.0 Å². The van der Waals surface area contributed by atoms with Crippen molar-refractivity contribution in [3.05, 3.63) is 40.5 Å². The standard InChI is InChI=1S/C11H13N5OS/c12-16-10-7-14-9(6-15-10)11(17)13-4-3-8-2-1-5-18-8/h1-2,5-7H,3-4,12H2,(H,13,17)(H,15,16). The van der Waals surface area contributed by atoms with Crippen LogP contribution in [0.2, 0.25) is 0 Å². The first-order chi connectivity index (χ1) is 8.79. The second kappa shape index (κ2) is 6.08. The van der Waals surface area contributed by atoms with E-state index in [-0.39, 0.29) is 11.6 Å². The van der Waals surface area contributed by atoms with Crippen LogP contribution in [-0.2, 0) is 6.42 Å². The Hall–Kier alpha value is -1.99. The SMILES string of the molecule is NNc1cnc(C(=O)NCCc2cccs2)cn1. The van der Waals surface area contributed by atoms with E-state index < -0.39 is 0 Å². The van der Waals surface area contributed by atoms with E-state index >= 15 is 0 Å². The molecule has 0 aliphatic rings. The lowest BCUT2D eigenvalue weighted by Crippen LogP contribution is -2.26. The van der Waals surface area contributed by atoms with Crippen LogP contribution in [0.5, 0.6) is 0 Å². The van der Waals surface area contributed by atoms with E-state index in [1.807, 2.05) is 17.5 Å². The van der Waals surface area contributed by atoms with Crippen molar-refractivity contribution in [2.45, 2.75) is 6.42 Å². The predicted molar refractivity (Wildman–Crippen MR) is 70.2 cm³/mol. The molecule has 0 aromatic carbocycles. The number of hydrazine groups is 1. The molecular weight excluding hydrogens is 250 g/mol. The number of rotatable bonds is 5. The third-order valence-electron chi connectivity index (χ3n) is 2.27. The lowest BCUT2D eigenvalue weighted by Gasteiger charge is -2.04. The van der Waals surface area contributed by atoms with E-state index in [0.29, 0.717) is 12.4 Å². The van der Waals surface area contributed by atoms with Gasteiger partial charge in [-0.3, -0.25) is 4.79 Å². The monoisotopic (exact) mass is 263 g/mol. The van der Waals surface area contributed by atoms with Crippen molar-refractivity contribution in [3.8, 4) is 0 Å². The summed E-state index contributed by atoms with van der Waals surface area (Å²) in [6, 6.07) is 4.03. The number of nitrogen functional groups attached to an aromatic ring is 1. The van der Waals surface area contributed by atoms with Crippen LogP contribution in [-0.4, -0.2) is 22.4 Å². The molecule has 18 heavy (non-hydrogen) atoms. The van der Waals surface area contributed by atoms with Gasteiger partial charge >= 0.3 is 0 Å². The zero-order valence-electron chi connectivity index (χ0n) is 9.59. The molecule has 4 N–H and O–H groups in total. The minimum Gasteiger partial charge on any atom is -0.350 e. The van der Waals surface area contributed by atoms with Gasteiger partial charge in [0.25, 0.3) is 5.91 Å². The number of aromatic nitrogens is 2. The second-order valence-corrected chi connectivity index (χ2v) is 4.55. The van der Waals surface area contributed by atoms with Gasteiger partial charge < -0.3 is 10.7 Å². The summed E-state index contributed by atoms with van der Waals surface area (Å²) >= 11 is 1.67. The second-order valence-electron chi connectivity index (χ2n) is 3.52. The molecule has 6 nitrogen and oxygen atoms in total. The number of carbonyl (C=O) groups excluding carboxylic acids is 1. The molecule has 0 radical (unpaired) electrons. The number of nitrogens with zero attached hydrogens (tertiary/aromatic N) is 2. The first kappa shape index (κ1) is 12.5. The maximum atomic E-state index is 11.7. The molecule has 2 heterocycles. The van der Waals surface area contributed by atoms with Crippen LogP contribution >= 0.6 is 11.3 Å². The van der Waals surface area contributed by atoms with Gasteiger partial charge in [-0.25, -0.2) is 15.8 Å². The fraction of sp³-hybridized carbons (Fsp3) is 0.182. The molecule has 2 aromatic heterocycles. The molecule has 0 saturated carbocycles. The third kappa shape index (κ3) is 3.25. The molecule has 0 aliphatic heterocycles. The van der Waals surface area contributed by atoms with E-state index in [2.05, 4.69) is 20.7 Å². The van der Waals surface area contributed by atoms with Crippen molar-refractivity contribution in [2.24, 2.45) is 5.84 Å². The minimum atomic E-state index is -0.234. The summed E-state index contributed by atoms with van der Waals surface area (Å²) in [5, 5.41) is 4.80. The van der Waals surface area contributed by atoms with Crippen molar-refractivity contribution < 1.29 is 4.79 Å². The molecular formula is C11H13N5OS. The van der Waals surface area contributed by atoms with Gasteiger partial charge in [-0.2, -0.15) is 0 Å². The Morgan fingerprint density at radius 2 is 2.28 bits per heavy atom. The lowest BCUT2D eigenvalue weighted by molar-refractivity contribution is 0.0949. The Morgan fingerprint density at radius 3 is 2.89 bits per heavy atom. The summed E-state index contributed by atoms with van der Waals surface area (Å²) in [5.41, 5.74) is 2.63. The van der Waals surface area contributed by atoms with Gasteiger partial charge in [0.1, 0.15) is 5.69 Å². The summed E-state index contributed by atoms with van der Waals surface area (Å²) in [6.07, 6.45) is 3.61. The van der Waals surface area contributed by atoms with Gasteiger partial charge in [0, 0.05) is 11.4 Å². The molecule has 2 aromatic rings. The molecule has 0 atom stereocenters. The molecule has 0 fully saturated rings. The smallest absolute Gasteiger partial charge is 0.271 e. The molecule has 2 rings (SSSR count). The molecule has 1 amide bonds. The van der Waals surface area contributed by atoms with E-state index in [1.54, 1.807) is 11.3 Å². The van der Waals surface area contributed by atoms with Gasteiger partial charge in [0.05, 0.1) is 12.4 Å². The number of amides is 1. The normalized spacial score (nSPS) is 10.1. The highest BCUT2D eigenvalue weighted by atomic mass is 32.1. The van der Waals surface area contributed by atoms with Crippen LogP contribution in [0.4, 0.5) is 5.82 Å². The van der Waals surface area contributed by atoms with E-state index in [9.17, 15) is 4.79 Å². The first-order valence-electron chi connectivity index (χ1n) is 5.39. The zero-order valence-corrected chi connectivity index (χ0v) is 10.4. The Labute approximate surface area is 108 Å². The predicted octanol–water partition coefficient (Wildman–Crippen LogP) is 0.796. The Morgan fingerprint density at radius 1 is 1.39 bits per heavy atom. The van der Waals surface area contributed by atoms with Gasteiger partial charge in [-0.15, -0.1) is 11.3 Å². The number of thiophene rings is 1. The van der Waals surface area contributed by atoms with Gasteiger partial charge in [-0.1, -0.05) is 6.07 Å². The summed E-state index contributed by atoms with van der Waals surface area (Å²) in [7, 11) is 0. The summed E-state index contributed by atoms with van der Waals surface area (Å²) in [5.74, 6) is 5.35. The number of hydrogen-bond donors (Lipinski definition) is 3. The molecule has 0 bridgehead atoms. The number of hydrogen-bond acceptors (Lipinski definition) is 6. The third-order valence-corrected chi connectivity index (χ3v) is 3.21.